The van der Waals surface area contributed by atoms with E-state index in [1.54, 1.807) is 0 Å². The first-order valence-corrected chi connectivity index (χ1v) is 7.27. The van der Waals surface area contributed by atoms with Gasteiger partial charge >= 0.3 is 0 Å². The molecule has 4 N–H and O–H groups in total. The molecular weight excluding hydrogens is 302 g/mol. The third-order valence-corrected chi connectivity index (χ3v) is 3.13. The van der Waals surface area contributed by atoms with Crippen molar-refractivity contribution in [3.05, 3.63) is 35.4 Å². The molecular formula is C16H26ClN3O2. The summed E-state index contributed by atoms with van der Waals surface area (Å²) >= 11 is 0. The molecule has 0 aliphatic rings. The molecule has 1 unspecified atom stereocenters. The molecule has 0 heterocycles. The number of carbonyl (C=O) groups is 2. The Kier molecular flexibility index (Phi) is 9.45. The van der Waals surface area contributed by atoms with Gasteiger partial charge in [0.15, 0.2) is 0 Å². The summed E-state index contributed by atoms with van der Waals surface area (Å²) in [6.45, 7) is 6.13. The molecule has 1 aromatic rings. The molecule has 124 valence electrons. The first-order chi connectivity index (χ1) is 9.92. The lowest BCUT2D eigenvalue weighted by atomic mass is 10.00. The molecule has 0 aliphatic heterocycles. The normalized spacial score (nSPS) is 11.5. The van der Waals surface area contributed by atoms with Crippen LogP contribution in [0.3, 0.4) is 0 Å². The summed E-state index contributed by atoms with van der Waals surface area (Å²) in [6.07, 6.45) is 1.05. The van der Waals surface area contributed by atoms with Gasteiger partial charge < -0.3 is 16.4 Å². The fraction of sp³-hybridized carbons (Fsp3) is 0.500. The average molecular weight is 328 g/mol. The zero-order valence-electron chi connectivity index (χ0n) is 13.4. The fourth-order valence-corrected chi connectivity index (χ4v) is 2.04. The van der Waals surface area contributed by atoms with Crippen molar-refractivity contribution in [1.82, 2.24) is 10.6 Å². The highest BCUT2D eigenvalue weighted by molar-refractivity contribution is 5.85. The minimum Gasteiger partial charge on any atom is -0.348 e. The van der Waals surface area contributed by atoms with E-state index in [9.17, 15) is 9.59 Å². The molecule has 0 saturated carbocycles. The Morgan fingerprint density at radius 3 is 2.18 bits per heavy atom. The van der Waals surface area contributed by atoms with Crippen molar-refractivity contribution in [2.45, 2.75) is 33.2 Å². The minimum absolute atomic E-state index is 0. The standard InChI is InChI=1S/C16H25N3O2.ClH/c1-11(2)8-13-4-6-14(7-5-13)12(3)19-16(21)10-18-15(20)9-17;/h4-7,11-12H,8-10,17H2,1-3H3,(H,18,20)(H,19,21);1H. The third kappa shape index (κ3) is 7.43. The Balaban J connectivity index is 0.00000441. The summed E-state index contributed by atoms with van der Waals surface area (Å²) in [4.78, 5) is 22.7. The summed E-state index contributed by atoms with van der Waals surface area (Å²) < 4.78 is 0. The maximum atomic E-state index is 11.7. The Morgan fingerprint density at radius 1 is 1.09 bits per heavy atom. The monoisotopic (exact) mass is 327 g/mol. The first-order valence-electron chi connectivity index (χ1n) is 7.27. The Hall–Kier alpha value is -1.59. The van der Waals surface area contributed by atoms with Crippen LogP contribution in [0.15, 0.2) is 24.3 Å². The predicted molar refractivity (Wildman–Crippen MR) is 90.9 cm³/mol. The lowest BCUT2D eigenvalue weighted by Gasteiger charge is -2.15. The van der Waals surface area contributed by atoms with Crippen molar-refractivity contribution in [3.63, 3.8) is 0 Å². The van der Waals surface area contributed by atoms with Crippen molar-refractivity contribution in [3.8, 4) is 0 Å². The summed E-state index contributed by atoms with van der Waals surface area (Å²) in [5.74, 6) is 0.0607. The van der Waals surface area contributed by atoms with Crippen LogP contribution in [-0.4, -0.2) is 24.9 Å². The van der Waals surface area contributed by atoms with E-state index in [2.05, 4.69) is 36.6 Å². The van der Waals surface area contributed by atoms with Gasteiger partial charge in [-0.3, -0.25) is 9.59 Å². The molecule has 0 bridgehead atoms. The minimum atomic E-state index is -0.337. The van der Waals surface area contributed by atoms with Gasteiger partial charge in [-0.15, -0.1) is 12.4 Å². The lowest BCUT2D eigenvalue weighted by Crippen LogP contribution is -2.40. The van der Waals surface area contributed by atoms with Gasteiger partial charge in [0.25, 0.3) is 0 Å². The molecule has 6 heteroatoms. The van der Waals surface area contributed by atoms with Crippen LogP contribution in [0.25, 0.3) is 0 Å². The number of nitrogens with one attached hydrogen (secondary N) is 2. The van der Waals surface area contributed by atoms with Gasteiger partial charge in [-0.2, -0.15) is 0 Å². The largest absolute Gasteiger partial charge is 0.348 e. The van der Waals surface area contributed by atoms with Crippen molar-refractivity contribution in [2.75, 3.05) is 13.1 Å². The summed E-state index contributed by atoms with van der Waals surface area (Å²) in [6, 6.07) is 8.14. The molecule has 5 nitrogen and oxygen atoms in total. The number of hydrogen-bond donors (Lipinski definition) is 3. The van der Waals surface area contributed by atoms with Gasteiger partial charge in [0, 0.05) is 0 Å². The highest BCUT2D eigenvalue weighted by atomic mass is 35.5. The highest BCUT2D eigenvalue weighted by Crippen LogP contribution is 2.15. The molecule has 0 aromatic heterocycles. The third-order valence-electron chi connectivity index (χ3n) is 3.13. The molecule has 0 aliphatic carbocycles. The van der Waals surface area contributed by atoms with Crippen LogP contribution in [0, 0.1) is 5.92 Å². The molecule has 0 spiro atoms. The van der Waals surface area contributed by atoms with Gasteiger partial charge in [0.05, 0.1) is 19.1 Å². The quantitative estimate of drug-likeness (QED) is 0.710. The molecule has 1 atom stereocenters. The number of halogens is 1. The number of carbonyl (C=O) groups excluding carboxylic acids is 2. The topological polar surface area (TPSA) is 84.2 Å². The van der Waals surface area contributed by atoms with Gasteiger partial charge in [-0.1, -0.05) is 38.1 Å². The van der Waals surface area contributed by atoms with Crippen molar-refractivity contribution < 1.29 is 9.59 Å². The van der Waals surface area contributed by atoms with E-state index in [0.717, 1.165) is 12.0 Å². The van der Waals surface area contributed by atoms with Gasteiger partial charge in [0.2, 0.25) is 11.8 Å². The van der Waals surface area contributed by atoms with Crippen LogP contribution < -0.4 is 16.4 Å². The van der Waals surface area contributed by atoms with Crippen LogP contribution in [-0.2, 0) is 16.0 Å². The van der Waals surface area contributed by atoms with Crippen molar-refractivity contribution in [1.29, 1.82) is 0 Å². The first kappa shape index (κ1) is 20.4. The van der Waals surface area contributed by atoms with Gasteiger partial charge in [-0.25, -0.2) is 0 Å². The summed E-state index contributed by atoms with van der Waals surface area (Å²) in [5.41, 5.74) is 7.49. The molecule has 22 heavy (non-hydrogen) atoms. The van der Waals surface area contributed by atoms with E-state index in [4.69, 9.17) is 5.73 Å². The number of hydrogen-bond acceptors (Lipinski definition) is 3. The molecule has 0 radical (unpaired) electrons. The van der Waals surface area contributed by atoms with Crippen LogP contribution in [0.1, 0.15) is 37.9 Å². The second-order valence-electron chi connectivity index (χ2n) is 5.61. The van der Waals surface area contributed by atoms with E-state index >= 15 is 0 Å². The van der Waals surface area contributed by atoms with E-state index in [-0.39, 0.29) is 43.4 Å². The molecule has 2 amide bonds. The second-order valence-corrected chi connectivity index (χ2v) is 5.61. The van der Waals surface area contributed by atoms with E-state index < -0.39 is 0 Å². The van der Waals surface area contributed by atoms with E-state index in [1.807, 2.05) is 19.1 Å². The fourth-order valence-electron chi connectivity index (χ4n) is 2.04. The molecule has 0 fully saturated rings. The van der Waals surface area contributed by atoms with Crippen LogP contribution in [0.2, 0.25) is 0 Å². The number of benzene rings is 1. The maximum absolute atomic E-state index is 11.7. The summed E-state index contributed by atoms with van der Waals surface area (Å²) in [5, 5.41) is 5.29. The average Bonchev–Trinajstić information content (AvgIpc) is 2.44. The smallest absolute Gasteiger partial charge is 0.239 e. The zero-order chi connectivity index (χ0) is 15.8. The Bertz CT molecular complexity index is 475. The second kappa shape index (κ2) is 10.2. The van der Waals surface area contributed by atoms with E-state index in [1.165, 1.54) is 5.56 Å². The number of amides is 2. The summed E-state index contributed by atoms with van der Waals surface area (Å²) in [7, 11) is 0. The maximum Gasteiger partial charge on any atom is 0.239 e. The van der Waals surface area contributed by atoms with Crippen LogP contribution >= 0.6 is 12.4 Å². The zero-order valence-corrected chi connectivity index (χ0v) is 14.2. The molecule has 1 aromatic carbocycles. The van der Waals surface area contributed by atoms with Gasteiger partial charge in [0.1, 0.15) is 0 Å². The molecule has 0 saturated heterocycles. The molecule has 1 rings (SSSR count). The van der Waals surface area contributed by atoms with Crippen molar-refractivity contribution >= 4 is 24.2 Å². The Labute approximate surface area is 138 Å². The highest BCUT2D eigenvalue weighted by Gasteiger charge is 2.10. The van der Waals surface area contributed by atoms with Crippen LogP contribution in [0.5, 0.6) is 0 Å². The van der Waals surface area contributed by atoms with Gasteiger partial charge in [-0.05, 0) is 30.4 Å². The predicted octanol–water partition coefficient (Wildman–Crippen LogP) is 1.56. The Morgan fingerprint density at radius 2 is 1.68 bits per heavy atom. The van der Waals surface area contributed by atoms with Crippen molar-refractivity contribution in [2.24, 2.45) is 11.7 Å². The number of nitrogens with two attached hydrogens (primary N) is 1. The van der Waals surface area contributed by atoms with E-state index in [0.29, 0.717) is 5.92 Å². The van der Waals surface area contributed by atoms with Crippen LogP contribution in [0.4, 0.5) is 0 Å². The lowest BCUT2D eigenvalue weighted by molar-refractivity contribution is -0.125. The number of rotatable bonds is 7. The SMILES string of the molecule is CC(C)Cc1ccc(C(C)NC(=O)CNC(=O)CN)cc1.Cl.